The number of aromatic nitrogens is 1. The SMILES string of the molecule is COC(=O)CCCOc1ccc(CCc2sc(-c3ccc(C(F)(F)F)cc3)nc2C)cc1C. The molecule has 0 fully saturated rings. The van der Waals surface area contributed by atoms with Gasteiger partial charge in [0.15, 0.2) is 0 Å². The molecule has 0 unspecified atom stereocenters. The average molecular weight is 478 g/mol. The summed E-state index contributed by atoms with van der Waals surface area (Å²) in [5, 5.41) is 0.725. The van der Waals surface area contributed by atoms with Crippen LogP contribution in [-0.2, 0) is 28.5 Å². The van der Waals surface area contributed by atoms with Crippen molar-refractivity contribution >= 4 is 17.3 Å². The van der Waals surface area contributed by atoms with Crippen LogP contribution < -0.4 is 4.74 Å². The van der Waals surface area contributed by atoms with Crippen molar-refractivity contribution in [3.05, 3.63) is 69.7 Å². The summed E-state index contributed by atoms with van der Waals surface area (Å²) in [6.07, 6.45) is -1.80. The van der Waals surface area contributed by atoms with E-state index in [-0.39, 0.29) is 5.97 Å². The van der Waals surface area contributed by atoms with Gasteiger partial charge in [0.1, 0.15) is 10.8 Å². The molecule has 0 radical (unpaired) electrons. The van der Waals surface area contributed by atoms with Crippen LogP contribution in [-0.4, -0.2) is 24.7 Å². The summed E-state index contributed by atoms with van der Waals surface area (Å²) in [6, 6.07) is 11.2. The number of rotatable bonds is 9. The molecule has 0 aliphatic heterocycles. The van der Waals surface area contributed by atoms with Crippen molar-refractivity contribution in [1.82, 2.24) is 4.98 Å². The second-order valence-corrected chi connectivity index (χ2v) is 8.81. The third-order valence-electron chi connectivity index (χ3n) is 5.24. The first-order valence-electron chi connectivity index (χ1n) is 10.6. The molecule has 0 amide bonds. The molecule has 3 aromatic rings. The number of nitrogens with zero attached hydrogens (tertiary/aromatic N) is 1. The molecule has 0 aliphatic carbocycles. The van der Waals surface area contributed by atoms with Crippen LogP contribution in [0.25, 0.3) is 10.6 Å². The number of ether oxygens (including phenoxy) is 2. The number of thiazole rings is 1. The lowest BCUT2D eigenvalue weighted by molar-refractivity contribution is -0.141. The zero-order valence-electron chi connectivity index (χ0n) is 18.8. The zero-order valence-corrected chi connectivity index (χ0v) is 19.6. The Morgan fingerprint density at radius 1 is 1.06 bits per heavy atom. The lowest BCUT2D eigenvalue weighted by atomic mass is 10.1. The third kappa shape index (κ3) is 6.81. The normalized spacial score (nSPS) is 11.5. The van der Waals surface area contributed by atoms with Crippen LogP contribution in [0.1, 0.15) is 40.1 Å². The predicted molar refractivity (Wildman–Crippen MR) is 123 cm³/mol. The highest BCUT2D eigenvalue weighted by Crippen LogP contribution is 2.33. The minimum atomic E-state index is -4.34. The summed E-state index contributed by atoms with van der Waals surface area (Å²) in [4.78, 5) is 16.8. The van der Waals surface area contributed by atoms with E-state index in [1.165, 1.54) is 36.1 Å². The maximum atomic E-state index is 12.8. The van der Waals surface area contributed by atoms with Gasteiger partial charge in [-0.3, -0.25) is 4.79 Å². The average Bonchev–Trinajstić information content (AvgIpc) is 3.16. The largest absolute Gasteiger partial charge is 0.493 e. The highest BCUT2D eigenvalue weighted by molar-refractivity contribution is 7.15. The number of methoxy groups -OCH3 is 1. The number of hydrogen-bond donors (Lipinski definition) is 0. The topological polar surface area (TPSA) is 48.4 Å². The van der Waals surface area contributed by atoms with Crippen LogP contribution in [0.3, 0.4) is 0 Å². The maximum absolute atomic E-state index is 12.8. The molecule has 0 spiro atoms. The van der Waals surface area contributed by atoms with E-state index in [1.54, 1.807) is 0 Å². The molecule has 176 valence electrons. The summed E-state index contributed by atoms with van der Waals surface area (Å²) in [5.41, 5.74) is 3.12. The number of carbonyl (C=O) groups is 1. The van der Waals surface area contributed by atoms with Crippen LogP contribution in [0.5, 0.6) is 5.75 Å². The number of alkyl halides is 3. The second-order valence-electron chi connectivity index (χ2n) is 7.73. The maximum Gasteiger partial charge on any atom is 0.416 e. The van der Waals surface area contributed by atoms with Crippen LogP contribution in [0.2, 0.25) is 0 Å². The zero-order chi connectivity index (χ0) is 24.0. The van der Waals surface area contributed by atoms with Gasteiger partial charge in [0.2, 0.25) is 0 Å². The van der Waals surface area contributed by atoms with Crippen molar-refractivity contribution < 1.29 is 27.4 Å². The summed E-state index contributed by atoms with van der Waals surface area (Å²) in [7, 11) is 1.37. The van der Waals surface area contributed by atoms with E-state index in [2.05, 4.69) is 15.8 Å². The lowest BCUT2D eigenvalue weighted by Gasteiger charge is -2.10. The molecule has 0 atom stereocenters. The number of hydrogen-bond acceptors (Lipinski definition) is 5. The van der Waals surface area contributed by atoms with Gasteiger partial charge < -0.3 is 9.47 Å². The fourth-order valence-corrected chi connectivity index (χ4v) is 4.44. The Morgan fingerprint density at radius 3 is 2.42 bits per heavy atom. The lowest BCUT2D eigenvalue weighted by Crippen LogP contribution is -2.05. The molecule has 33 heavy (non-hydrogen) atoms. The Kier molecular flexibility index (Phi) is 8.13. The van der Waals surface area contributed by atoms with E-state index in [4.69, 9.17) is 4.74 Å². The first-order valence-corrected chi connectivity index (χ1v) is 11.4. The summed E-state index contributed by atoms with van der Waals surface area (Å²) >= 11 is 1.52. The molecular formula is C25H26F3NO3S. The molecule has 0 aliphatic rings. The predicted octanol–water partition coefficient (Wildman–Crippen LogP) is 6.56. The highest BCUT2D eigenvalue weighted by Gasteiger charge is 2.30. The van der Waals surface area contributed by atoms with E-state index in [1.807, 2.05) is 26.0 Å². The first-order chi connectivity index (χ1) is 15.7. The van der Waals surface area contributed by atoms with Crippen molar-refractivity contribution in [1.29, 1.82) is 0 Å². The molecule has 3 rings (SSSR count). The van der Waals surface area contributed by atoms with Gasteiger partial charge >= 0.3 is 12.1 Å². The van der Waals surface area contributed by atoms with Crippen molar-refractivity contribution in [3.8, 4) is 16.3 Å². The fraction of sp³-hybridized carbons (Fsp3) is 0.360. The van der Waals surface area contributed by atoms with Gasteiger partial charge in [0.25, 0.3) is 0 Å². The molecule has 1 aromatic heterocycles. The van der Waals surface area contributed by atoms with Crippen LogP contribution >= 0.6 is 11.3 Å². The van der Waals surface area contributed by atoms with Crippen LogP contribution in [0.4, 0.5) is 13.2 Å². The van der Waals surface area contributed by atoms with Gasteiger partial charge in [0.05, 0.1) is 25.0 Å². The smallest absolute Gasteiger partial charge is 0.416 e. The summed E-state index contributed by atoms with van der Waals surface area (Å²) in [5.74, 6) is 0.549. The van der Waals surface area contributed by atoms with Crippen molar-refractivity contribution in [2.75, 3.05) is 13.7 Å². The number of esters is 1. The third-order valence-corrected chi connectivity index (χ3v) is 6.51. The number of carbonyl (C=O) groups excluding carboxylic acids is 1. The Hall–Kier alpha value is -2.87. The van der Waals surface area contributed by atoms with Gasteiger partial charge in [-0.25, -0.2) is 4.98 Å². The standard InChI is InChI=1S/C25H26F3NO3S/c1-16-15-18(6-12-21(16)32-14-4-5-23(30)31-3)7-13-22-17(2)29-24(33-22)19-8-10-20(11-9-19)25(26,27)28/h6,8-12,15H,4-5,7,13-14H2,1-3H3. The van der Waals surface area contributed by atoms with Crippen molar-refractivity contribution in [2.24, 2.45) is 0 Å². The quantitative estimate of drug-likeness (QED) is 0.259. The van der Waals surface area contributed by atoms with E-state index in [0.29, 0.717) is 25.0 Å². The van der Waals surface area contributed by atoms with E-state index < -0.39 is 11.7 Å². The molecule has 0 N–H and O–H groups in total. The van der Waals surface area contributed by atoms with Crippen molar-refractivity contribution in [2.45, 2.75) is 45.7 Å². The Morgan fingerprint density at radius 2 is 1.79 bits per heavy atom. The molecule has 4 nitrogen and oxygen atoms in total. The van der Waals surface area contributed by atoms with Gasteiger partial charge in [-0.15, -0.1) is 11.3 Å². The molecule has 0 saturated heterocycles. The number of aryl methyl sites for hydroxylation is 4. The van der Waals surface area contributed by atoms with Gasteiger partial charge in [-0.2, -0.15) is 13.2 Å². The van der Waals surface area contributed by atoms with Gasteiger partial charge in [-0.05, 0) is 62.4 Å². The second kappa shape index (κ2) is 10.8. The minimum absolute atomic E-state index is 0.245. The van der Waals surface area contributed by atoms with Gasteiger partial charge in [-0.1, -0.05) is 24.3 Å². The van der Waals surface area contributed by atoms with Crippen LogP contribution in [0, 0.1) is 13.8 Å². The summed E-state index contributed by atoms with van der Waals surface area (Å²) < 4.78 is 48.7. The van der Waals surface area contributed by atoms with Crippen molar-refractivity contribution in [3.63, 3.8) is 0 Å². The number of halogens is 3. The molecule has 2 aromatic carbocycles. The first kappa shape index (κ1) is 24.8. The molecular weight excluding hydrogens is 451 g/mol. The summed E-state index contributed by atoms with van der Waals surface area (Å²) in [6.45, 7) is 4.36. The van der Waals surface area contributed by atoms with E-state index >= 15 is 0 Å². The molecule has 0 bridgehead atoms. The highest BCUT2D eigenvalue weighted by atomic mass is 32.1. The van der Waals surface area contributed by atoms with Gasteiger partial charge in [0, 0.05) is 16.9 Å². The fourth-order valence-electron chi connectivity index (χ4n) is 3.37. The Labute approximate surface area is 195 Å². The van der Waals surface area contributed by atoms with E-state index in [0.717, 1.165) is 51.9 Å². The minimum Gasteiger partial charge on any atom is -0.493 e. The van der Waals surface area contributed by atoms with E-state index in [9.17, 15) is 18.0 Å². The Bertz CT molecular complexity index is 1090. The van der Waals surface area contributed by atoms with Crippen LogP contribution in [0.15, 0.2) is 42.5 Å². The molecule has 8 heteroatoms. The molecule has 0 saturated carbocycles. The molecule has 1 heterocycles. The Balaban J connectivity index is 1.58. The number of benzene rings is 2. The monoisotopic (exact) mass is 477 g/mol.